The van der Waals surface area contributed by atoms with Crippen LogP contribution in [0.4, 0.5) is 0 Å². The number of hydrogen-bond acceptors (Lipinski definition) is 4. The summed E-state index contributed by atoms with van der Waals surface area (Å²) in [5.41, 5.74) is 0. The third-order valence-corrected chi connectivity index (χ3v) is 0.976. The maximum absolute atomic E-state index is 9.92. The monoisotopic (exact) mass is 131 g/mol. The van der Waals surface area contributed by atoms with Gasteiger partial charge >= 0.3 is 15.9 Å². The first kappa shape index (κ1) is 7.47. The highest BCUT2D eigenvalue weighted by molar-refractivity contribution is 6.24. The quantitative estimate of drug-likeness (QED) is 0.287. The molecule has 0 atom stereocenters. The van der Waals surface area contributed by atoms with E-state index in [4.69, 9.17) is 0 Å². The summed E-state index contributed by atoms with van der Waals surface area (Å²) < 4.78 is 8.38. The van der Waals surface area contributed by atoms with Crippen LogP contribution in [0.5, 0.6) is 0 Å². The highest BCUT2D eigenvalue weighted by Gasteiger charge is 2.02. The van der Waals surface area contributed by atoms with Crippen LogP contribution in [-0.2, 0) is 17.2 Å². The topological polar surface area (TPSA) is 52.6 Å². The molecule has 0 heterocycles. The standard InChI is InChI=1S/C2H4O2.CH2O2.Al/c1-2(3)4;2-1-3;/h1H3,(H,3,4);1H,(H,2,3);/q;;+2/p-2. The Morgan fingerprint density at radius 1 is 1.75 bits per heavy atom. The van der Waals surface area contributed by atoms with Gasteiger partial charge in [-0.3, -0.25) is 9.59 Å². The van der Waals surface area contributed by atoms with E-state index >= 15 is 0 Å². The molecule has 0 aromatic rings. The molecule has 0 rings (SSSR count). The predicted octanol–water partition coefficient (Wildman–Crippen LogP) is -0.743. The van der Waals surface area contributed by atoms with Crippen molar-refractivity contribution in [3.8, 4) is 0 Å². The third kappa shape index (κ3) is 5.47. The van der Waals surface area contributed by atoms with Crippen molar-refractivity contribution in [1.82, 2.24) is 0 Å². The highest BCUT2D eigenvalue weighted by Crippen LogP contribution is 1.70. The minimum absolute atomic E-state index is 0.248. The molecule has 0 aromatic carbocycles. The minimum Gasteiger partial charge on any atom is -0.592 e. The van der Waals surface area contributed by atoms with Crippen LogP contribution in [0.2, 0.25) is 0 Å². The van der Waals surface area contributed by atoms with Crippen molar-refractivity contribution < 1.29 is 17.2 Å². The van der Waals surface area contributed by atoms with Gasteiger partial charge in [-0.15, -0.1) is 0 Å². The lowest BCUT2D eigenvalue weighted by Crippen LogP contribution is -2.06. The van der Waals surface area contributed by atoms with Gasteiger partial charge in [-0.1, -0.05) is 0 Å². The first-order valence-corrected chi connectivity index (χ1v) is 2.79. The Bertz CT molecular complexity index is 91.3. The van der Waals surface area contributed by atoms with Crippen LogP contribution in [0.25, 0.3) is 0 Å². The molecule has 0 saturated heterocycles. The Morgan fingerprint density at radius 3 is 2.75 bits per heavy atom. The second kappa shape index (κ2) is 4.63. The van der Waals surface area contributed by atoms with Crippen LogP contribution in [-0.4, -0.2) is 28.3 Å². The molecule has 5 heteroatoms. The van der Waals surface area contributed by atoms with Gasteiger partial charge in [-0.25, -0.2) is 0 Å². The molecule has 0 aliphatic heterocycles. The number of carbonyl (C=O) groups is 2. The van der Waals surface area contributed by atoms with Gasteiger partial charge in [-0.2, -0.15) is 0 Å². The van der Waals surface area contributed by atoms with Crippen LogP contribution < -0.4 is 0 Å². The van der Waals surface area contributed by atoms with Crippen molar-refractivity contribution in [1.29, 1.82) is 0 Å². The average Bonchev–Trinajstić information content (AvgIpc) is 1.66. The molecule has 43 valence electrons. The predicted molar refractivity (Wildman–Crippen MR) is 24.7 cm³/mol. The van der Waals surface area contributed by atoms with E-state index in [-0.39, 0.29) is 6.47 Å². The number of hydrogen-bond donors (Lipinski definition) is 0. The van der Waals surface area contributed by atoms with E-state index in [0.717, 1.165) is 0 Å². The van der Waals surface area contributed by atoms with Crippen molar-refractivity contribution in [2.24, 2.45) is 0 Å². The summed E-state index contributed by atoms with van der Waals surface area (Å²) in [4.78, 5) is 19.3. The molecule has 0 saturated carbocycles. The van der Waals surface area contributed by atoms with Crippen molar-refractivity contribution in [3.05, 3.63) is 0 Å². The van der Waals surface area contributed by atoms with Crippen LogP contribution in [0.3, 0.4) is 0 Å². The summed E-state index contributed by atoms with van der Waals surface area (Å²) in [6, 6.07) is 0. The highest BCUT2D eigenvalue weighted by atomic mass is 27.2. The first-order valence-electron chi connectivity index (χ1n) is 1.85. The van der Waals surface area contributed by atoms with Crippen LogP contribution >= 0.6 is 0 Å². The molecular formula is C3H4AlO4. The van der Waals surface area contributed by atoms with Crippen LogP contribution in [0, 0.1) is 0 Å². The molecule has 0 aliphatic rings. The lowest BCUT2D eigenvalue weighted by Gasteiger charge is -1.93. The van der Waals surface area contributed by atoms with Crippen molar-refractivity contribution in [2.75, 3.05) is 0 Å². The minimum atomic E-state index is -0.929. The summed E-state index contributed by atoms with van der Waals surface area (Å²) >= 11 is -0.929. The van der Waals surface area contributed by atoms with E-state index in [2.05, 4.69) is 7.58 Å². The Kier molecular flexibility index (Phi) is 4.32. The van der Waals surface area contributed by atoms with Gasteiger partial charge in [0.1, 0.15) is 0 Å². The summed E-state index contributed by atoms with van der Waals surface area (Å²) in [5, 5.41) is 0. The molecule has 0 aliphatic carbocycles. The fourth-order valence-corrected chi connectivity index (χ4v) is 0.355. The van der Waals surface area contributed by atoms with Crippen LogP contribution in [0.1, 0.15) is 6.92 Å². The Labute approximate surface area is 53.1 Å². The van der Waals surface area contributed by atoms with Gasteiger partial charge in [-0.05, 0) is 0 Å². The first-order chi connectivity index (χ1) is 3.77. The van der Waals surface area contributed by atoms with Crippen molar-refractivity contribution in [2.45, 2.75) is 6.92 Å². The zero-order valence-corrected chi connectivity index (χ0v) is 5.44. The van der Waals surface area contributed by atoms with E-state index in [1.807, 2.05) is 0 Å². The molecule has 0 N–H and O–H groups in total. The summed E-state index contributed by atoms with van der Waals surface area (Å²) in [6.45, 7) is 1.50. The molecule has 0 amide bonds. The molecule has 1 radical (unpaired) electrons. The van der Waals surface area contributed by atoms with E-state index < -0.39 is 21.9 Å². The number of rotatable bonds is 3. The molecule has 0 bridgehead atoms. The second-order valence-electron chi connectivity index (χ2n) is 0.938. The summed E-state index contributed by atoms with van der Waals surface area (Å²) in [7, 11) is 0. The van der Waals surface area contributed by atoms with Gasteiger partial charge in [0.2, 0.25) is 0 Å². The zero-order chi connectivity index (χ0) is 6.41. The lowest BCUT2D eigenvalue weighted by molar-refractivity contribution is -0.133. The van der Waals surface area contributed by atoms with Gasteiger partial charge < -0.3 is 7.58 Å². The smallest absolute Gasteiger partial charge is 0.592 e. The molecule has 0 spiro atoms. The average molecular weight is 131 g/mol. The van der Waals surface area contributed by atoms with Crippen molar-refractivity contribution >= 4 is 28.3 Å². The lowest BCUT2D eigenvalue weighted by atomic mass is 10.9. The van der Waals surface area contributed by atoms with E-state index in [0.29, 0.717) is 0 Å². The van der Waals surface area contributed by atoms with Gasteiger partial charge in [0.25, 0.3) is 12.4 Å². The Morgan fingerprint density at radius 2 is 2.38 bits per heavy atom. The van der Waals surface area contributed by atoms with Crippen LogP contribution in [0.15, 0.2) is 0 Å². The van der Waals surface area contributed by atoms with Gasteiger partial charge in [0.05, 0.1) is 0 Å². The Balaban J connectivity index is 2.93. The Hall–Kier alpha value is -0.528. The molecular weight excluding hydrogens is 127 g/mol. The summed E-state index contributed by atoms with van der Waals surface area (Å²) in [5.74, 6) is -0.429. The van der Waals surface area contributed by atoms with Gasteiger partial charge in [0.15, 0.2) is 0 Å². The van der Waals surface area contributed by atoms with Crippen molar-refractivity contribution in [3.63, 3.8) is 0 Å². The second-order valence-corrected chi connectivity index (χ2v) is 1.64. The molecule has 0 unspecified atom stereocenters. The summed E-state index contributed by atoms with van der Waals surface area (Å²) in [6.07, 6.45) is 0. The molecule has 4 nitrogen and oxygen atoms in total. The largest absolute Gasteiger partial charge is 0.885 e. The number of carbonyl (C=O) groups excluding carboxylic acids is 2. The van der Waals surface area contributed by atoms with E-state index in [9.17, 15) is 9.59 Å². The van der Waals surface area contributed by atoms with E-state index in [1.54, 1.807) is 0 Å². The maximum atomic E-state index is 9.92. The molecule has 0 aromatic heterocycles. The zero-order valence-electron chi connectivity index (χ0n) is 4.29. The molecule has 0 fully saturated rings. The fourth-order valence-electron chi connectivity index (χ4n) is 0.118. The molecule has 8 heavy (non-hydrogen) atoms. The SMILES string of the molecule is CC(=O)[O][Al][O]C=O. The fraction of sp³-hybridized carbons (Fsp3) is 0.333. The van der Waals surface area contributed by atoms with Gasteiger partial charge in [0, 0.05) is 6.92 Å². The third-order valence-electron chi connectivity index (χ3n) is 0.325. The maximum Gasteiger partial charge on any atom is 0.885 e. The normalized spacial score (nSPS) is 7.12. The van der Waals surface area contributed by atoms with E-state index in [1.165, 1.54) is 6.92 Å².